The molecule has 20 heavy (non-hydrogen) atoms. The maximum atomic E-state index is 5.97. The Bertz CT molecular complexity index is 241. The zero-order valence-electron chi connectivity index (χ0n) is 14.2. The Labute approximate surface area is 126 Å². The lowest BCUT2D eigenvalue weighted by atomic mass is 9.81. The van der Waals surface area contributed by atoms with Gasteiger partial charge in [-0.1, -0.05) is 27.7 Å². The van der Waals surface area contributed by atoms with Crippen LogP contribution in [0.2, 0.25) is 0 Å². The lowest BCUT2D eigenvalue weighted by Gasteiger charge is -2.41. The Hall–Kier alpha value is -0.120. The highest BCUT2D eigenvalue weighted by atomic mass is 16.5. The van der Waals surface area contributed by atoms with Gasteiger partial charge in [-0.05, 0) is 50.6 Å². The number of hydrogen-bond acceptors (Lipinski definition) is 3. The SMILES string of the molecule is CCCOC1CCCN(CC(CC)(CC)CNCC)C1. The predicted molar refractivity (Wildman–Crippen MR) is 87.3 cm³/mol. The number of nitrogens with zero attached hydrogens (tertiary/aromatic N) is 1. The van der Waals surface area contributed by atoms with Crippen LogP contribution in [0.4, 0.5) is 0 Å². The van der Waals surface area contributed by atoms with Crippen molar-refractivity contribution in [2.75, 3.05) is 39.3 Å². The van der Waals surface area contributed by atoms with Gasteiger partial charge in [0.15, 0.2) is 0 Å². The average molecular weight is 284 g/mol. The van der Waals surface area contributed by atoms with Crippen LogP contribution in [0.25, 0.3) is 0 Å². The van der Waals surface area contributed by atoms with E-state index < -0.39 is 0 Å². The van der Waals surface area contributed by atoms with E-state index in [4.69, 9.17) is 4.74 Å². The predicted octanol–water partition coefficient (Wildman–Crippen LogP) is 3.29. The molecule has 1 rings (SSSR count). The van der Waals surface area contributed by atoms with Gasteiger partial charge in [0.05, 0.1) is 6.10 Å². The molecule has 120 valence electrons. The minimum Gasteiger partial charge on any atom is -0.377 e. The number of piperidine rings is 1. The first-order valence-corrected chi connectivity index (χ1v) is 8.74. The van der Waals surface area contributed by atoms with Gasteiger partial charge in [-0.15, -0.1) is 0 Å². The van der Waals surface area contributed by atoms with Crippen LogP contribution in [-0.4, -0.2) is 50.3 Å². The third-order valence-electron chi connectivity index (χ3n) is 4.83. The highest BCUT2D eigenvalue weighted by molar-refractivity contribution is 4.85. The fraction of sp³-hybridized carbons (Fsp3) is 1.00. The number of nitrogens with one attached hydrogen (secondary N) is 1. The van der Waals surface area contributed by atoms with E-state index in [1.807, 2.05) is 0 Å². The molecule has 1 unspecified atom stereocenters. The lowest BCUT2D eigenvalue weighted by molar-refractivity contribution is -0.0129. The number of likely N-dealkylation sites (tertiary alicyclic amines) is 1. The summed E-state index contributed by atoms with van der Waals surface area (Å²) in [5, 5.41) is 3.57. The average Bonchev–Trinajstić information content (AvgIpc) is 2.50. The maximum absolute atomic E-state index is 5.97. The van der Waals surface area contributed by atoms with Crippen molar-refractivity contribution in [1.29, 1.82) is 0 Å². The number of hydrogen-bond donors (Lipinski definition) is 1. The van der Waals surface area contributed by atoms with Crippen molar-refractivity contribution in [2.24, 2.45) is 5.41 Å². The second-order valence-corrected chi connectivity index (χ2v) is 6.36. The fourth-order valence-corrected chi connectivity index (χ4v) is 3.22. The molecule has 0 radical (unpaired) electrons. The van der Waals surface area contributed by atoms with Crippen molar-refractivity contribution in [3.05, 3.63) is 0 Å². The van der Waals surface area contributed by atoms with E-state index in [0.717, 1.165) is 32.7 Å². The maximum Gasteiger partial charge on any atom is 0.0702 e. The summed E-state index contributed by atoms with van der Waals surface area (Å²) in [6.45, 7) is 15.8. The number of rotatable bonds is 10. The lowest BCUT2D eigenvalue weighted by Crippen LogP contribution is -2.48. The molecule has 0 saturated carbocycles. The van der Waals surface area contributed by atoms with Crippen LogP contribution in [0, 0.1) is 5.41 Å². The monoisotopic (exact) mass is 284 g/mol. The molecule has 0 spiro atoms. The van der Waals surface area contributed by atoms with Gasteiger partial charge in [0.1, 0.15) is 0 Å². The minimum atomic E-state index is 0.433. The van der Waals surface area contributed by atoms with Gasteiger partial charge >= 0.3 is 0 Å². The minimum absolute atomic E-state index is 0.433. The van der Waals surface area contributed by atoms with Crippen molar-refractivity contribution < 1.29 is 4.74 Å². The molecule has 1 atom stereocenters. The molecular weight excluding hydrogens is 248 g/mol. The molecular formula is C17H36N2O. The van der Waals surface area contributed by atoms with Crippen molar-refractivity contribution in [2.45, 2.75) is 65.9 Å². The van der Waals surface area contributed by atoms with Crippen molar-refractivity contribution in [3.8, 4) is 0 Å². The summed E-state index contributed by atoms with van der Waals surface area (Å²) in [4.78, 5) is 2.65. The third-order valence-corrected chi connectivity index (χ3v) is 4.83. The molecule has 0 aromatic carbocycles. The van der Waals surface area contributed by atoms with Gasteiger partial charge in [-0.2, -0.15) is 0 Å². The Morgan fingerprint density at radius 3 is 2.55 bits per heavy atom. The van der Waals surface area contributed by atoms with Crippen LogP contribution in [0.1, 0.15) is 59.8 Å². The number of ether oxygens (including phenoxy) is 1. The standard InChI is InChI=1S/C17H36N2O/c1-5-12-20-16-10-9-11-19(13-16)15-17(6-2,7-3)14-18-8-4/h16,18H,5-15H2,1-4H3. The molecule has 0 amide bonds. The molecule has 0 aliphatic carbocycles. The molecule has 1 saturated heterocycles. The first-order valence-electron chi connectivity index (χ1n) is 8.74. The van der Waals surface area contributed by atoms with Crippen LogP contribution in [0.3, 0.4) is 0 Å². The molecule has 0 aromatic rings. The largest absolute Gasteiger partial charge is 0.377 e. The summed E-state index contributed by atoms with van der Waals surface area (Å²) in [7, 11) is 0. The topological polar surface area (TPSA) is 24.5 Å². The van der Waals surface area contributed by atoms with Crippen LogP contribution < -0.4 is 5.32 Å². The molecule has 3 nitrogen and oxygen atoms in total. The summed E-state index contributed by atoms with van der Waals surface area (Å²) in [5.41, 5.74) is 0.433. The highest BCUT2D eigenvalue weighted by Crippen LogP contribution is 2.28. The molecule has 0 aromatic heterocycles. The van der Waals surface area contributed by atoms with E-state index >= 15 is 0 Å². The first kappa shape index (κ1) is 17.9. The van der Waals surface area contributed by atoms with E-state index in [-0.39, 0.29) is 0 Å². The van der Waals surface area contributed by atoms with Crippen LogP contribution in [0.15, 0.2) is 0 Å². The van der Waals surface area contributed by atoms with Gasteiger partial charge < -0.3 is 15.0 Å². The first-order chi connectivity index (χ1) is 9.69. The van der Waals surface area contributed by atoms with E-state index in [9.17, 15) is 0 Å². The summed E-state index contributed by atoms with van der Waals surface area (Å²) in [6.07, 6.45) is 6.65. The summed E-state index contributed by atoms with van der Waals surface area (Å²) in [5.74, 6) is 0. The molecule has 1 aliphatic heterocycles. The quantitative estimate of drug-likeness (QED) is 0.666. The van der Waals surface area contributed by atoms with E-state index in [1.165, 1.54) is 38.8 Å². The second-order valence-electron chi connectivity index (χ2n) is 6.36. The van der Waals surface area contributed by atoms with Gasteiger partial charge in [0.2, 0.25) is 0 Å². The molecule has 1 heterocycles. The van der Waals surface area contributed by atoms with E-state index in [0.29, 0.717) is 11.5 Å². The normalized spacial score (nSPS) is 21.3. The zero-order valence-corrected chi connectivity index (χ0v) is 14.2. The third kappa shape index (κ3) is 5.71. The summed E-state index contributed by atoms with van der Waals surface area (Å²) < 4.78 is 5.97. The van der Waals surface area contributed by atoms with Crippen molar-refractivity contribution in [1.82, 2.24) is 10.2 Å². The Balaban J connectivity index is 2.49. The Morgan fingerprint density at radius 1 is 1.20 bits per heavy atom. The van der Waals surface area contributed by atoms with Gasteiger partial charge in [-0.3, -0.25) is 0 Å². The smallest absolute Gasteiger partial charge is 0.0702 e. The van der Waals surface area contributed by atoms with E-state index in [1.54, 1.807) is 0 Å². The molecule has 1 aliphatic rings. The van der Waals surface area contributed by atoms with E-state index in [2.05, 4.69) is 37.9 Å². The fourth-order valence-electron chi connectivity index (χ4n) is 3.22. The molecule has 3 heteroatoms. The van der Waals surface area contributed by atoms with Gasteiger partial charge in [-0.25, -0.2) is 0 Å². The molecule has 1 N–H and O–H groups in total. The summed E-state index contributed by atoms with van der Waals surface area (Å²) >= 11 is 0. The van der Waals surface area contributed by atoms with Crippen molar-refractivity contribution >= 4 is 0 Å². The van der Waals surface area contributed by atoms with Crippen LogP contribution in [0.5, 0.6) is 0 Å². The van der Waals surface area contributed by atoms with Gasteiger partial charge in [0, 0.05) is 26.2 Å². The zero-order chi connectivity index (χ0) is 14.8. The van der Waals surface area contributed by atoms with Crippen molar-refractivity contribution in [3.63, 3.8) is 0 Å². The Morgan fingerprint density at radius 2 is 1.95 bits per heavy atom. The van der Waals surface area contributed by atoms with Crippen LogP contribution in [-0.2, 0) is 4.74 Å². The van der Waals surface area contributed by atoms with Crippen LogP contribution >= 0.6 is 0 Å². The highest BCUT2D eigenvalue weighted by Gasteiger charge is 2.30. The van der Waals surface area contributed by atoms with Gasteiger partial charge in [0.25, 0.3) is 0 Å². The summed E-state index contributed by atoms with van der Waals surface area (Å²) in [6, 6.07) is 0. The Kier molecular flexibility index (Phi) is 8.74. The molecule has 0 bridgehead atoms. The second kappa shape index (κ2) is 9.75. The molecule has 1 fully saturated rings.